The third-order valence-electron chi connectivity index (χ3n) is 4.32. The van der Waals surface area contributed by atoms with E-state index in [1.54, 1.807) is 35.0 Å². The van der Waals surface area contributed by atoms with Crippen LogP contribution in [0.5, 0.6) is 0 Å². The first-order valence-electron chi connectivity index (χ1n) is 9.11. The summed E-state index contributed by atoms with van der Waals surface area (Å²) in [6.07, 6.45) is 1.76. The number of guanidine groups is 1. The number of aromatic nitrogens is 1. The van der Waals surface area contributed by atoms with Gasteiger partial charge in [0.2, 0.25) is 11.8 Å². The summed E-state index contributed by atoms with van der Waals surface area (Å²) in [5.74, 6) is -0.712. The van der Waals surface area contributed by atoms with Gasteiger partial charge in [0, 0.05) is 18.6 Å². The predicted molar refractivity (Wildman–Crippen MR) is 121 cm³/mol. The Morgan fingerprint density at radius 2 is 1.90 bits per heavy atom. The molecule has 1 heterocycles. The number of hydrogen-bond acceptors (Lipinski definition) is 4. The number of nitrogens with zero attached hydrogens (tertiary/aromatic N) is 3. The van der Waals surface area contributed by atoms with Gasteiger partial charge in [0.05, 0.1) is 33.9 Å². The van der Waals surface area contributed by atoms with E-state index < -0.39 is 0 Å². The maximum atomic E-state index is 12.3. The second-order valence-electron chi connectivity index (χ2n) is 6.69. The van der Waals surface area contributed by atoms with Crippen LogP contribution in [0.3, 0.4) is 0 Å². The minimum absolute atomic E-state index is 0.0116. The average Bonchev–Trinajstić information content (AvgIpc) is 3.10. The lowest BCUT2D eigenvalue weighted by Gasteiger charge is -2.10. The third kappa shape index (κ3) is 5.54. The summed E-state index contributed by atoms with van der Waals surface area (Å²) < 4.78 is 1.72. The van der Waals surface area contributed by atoms with Crippen molar-refractivity contribution in [2.45, 2.75) is 20.0 Å². The number of hydrogen-bond donors (Lipinski definition) is 3. The van der Waals surface area contributed by atoms with Gasteiger partial charge in [0.25, 0.3) is 0 Å². The van der Waals surface area contributed by atoms with E-state index in [9.17, 15) is 9.59 Å². The quantitative estimate of drug-likeness (QED) is 0.401. The van der Waals surface area contributed by atoms with Crippen LogP contribution >= 0.6 is 23.2 Å². The molecule has 8 nitrogen and oxygen atoms in total. The minimum Gasteiger partial charge on any atom is -0.370 e. The van der Waals surface area contributed by atoms with Crippen molar-refractivity contribution in [2.75, 3.05) is 5.32 Å². The highest BCUT2D eigenvalue weighted by molar-refractivity contribution is 6.39. The summed E-state index contributed by atoms with van der Waals surface area (Å²) in [6, 6.07) is 12.4. The standard InChI is InChI=1S/C21H18Cl2N6O2/c1-12(30)27-20-16(22)6-14(7-17(20)23)10-26-21(25)28-19(31)11-29-5-4-15-3-2-13(9-24)8-18(15)29/h2-8H,10-11H2,1H3,(H,27,30)(H3,25,26,28,31). The van der Waals surface area contributed by atoms with Crippen LogP contribution in [0.25, 0.3) is 10.9 Å². The highest BCUT2D eigenvalue weighted by Crippen LogP contribution is 2.32. The normalized spacial score (nSPS) is 11.2. The van der Waals surface area contributed by atoms with E-state index in [2.05, 4.69) is 21.7 Å². The zero-order valence-corrected chi connectivity index (χ0v) is 18.0. The number of aliphatic imine (C=N–C) groups is 1. The number of amides is 2. The third-order valence-corrected chi connectivity index (χ3v) is 4.92. The molecule has 0 aliphatic heterocycles. The van der Waals surface area contributed by atoms with Crippen molar-refractivity contribution in [2.24, 2.45) is 10.7 Å². The van der Waals surface area contributed by atoms with Crippen LogP contribution in [0, 0.1) is 11.3 Å². The SMILES string of the molecule is CC(=O)Nc1c(Cl)cc(CN=C(N)NC(=O)Cn2ccc3ccc(C#N)cc32)cc1Cl. The van der Waals surface area contributed by atoms with Crippen molar-refractivity contribution in [1.82, 2.24) is 9.88 Å². The van der Waals surface area contributed by atoms with E-state index >= 15 is 0 Å². The average molecular weight is 457 g/mol. The summed E-state index contributed by atoms with van der Waals surface area (Å²) in [5, 5.41) is 15.6. The molecule has 1 aromatic heterocycles. The molecule has 31 heavy (non-hydrogen) atoms. The molecule has 2 amide bonds. The Morgan fingerprint density at radius 3 is 2.55 bits per heavy atom. The van der Waals surface area contributed by atoms with E-state index in [4.69, 9.17) is 34.2 Å². The zero-order valence-electron chi connectivity index (χ0n) is 16.4. The molecular weight excluding hydrogens is 439 g/mol. The molecule has 10 heteroatoms. The Bertz CT molecular complexity index is 1220. The van der Waals surface area contributed by atoms with Gasteiger partial charge in [-0.2, -0.15) is 5.26 Å². The van der Waals surface area contributed by atoms with E-state index in [0.29, 0.717) is 16.8 Å². The lowest BCUT2D eigenvalue weighted by atomic mass is 10.2. The summed E-state index contributed by atoms with van der Waals surface area (Å²) in [6.45, 7) is 1.49. The fraction of sp³-hybridized carbons (Fsp3) is 0.143. The molecule has 3 aromatic rings. The first kappa shape index (κ1) is 22.2. The largest absolute Gasteiger partial charge is 0.370 e. The number of halogens is 2. The Kier molecular flexibility index (Phi) is 6.80. The first-order chi connectivity index (χ1) is 14.8. The molecule has 0 bridgehead atoms. The van der Waals surface area contributed by atoms with E-state index in [-0.39, 0.29) is 40.9 Å². The van der Waals surface area contributed by atoms with Crippen molar-refractivity contribution in [3.63, 3.8) is 0 Å². The van der Waals surface area contributed by atoms with Crippen LogP contribution in [-0.4, -0.2) is 22.3 Å². The van der Waals surface area contributed by atoms with E-state index in [1.807, 2.05) is 12.1 Å². The molecule has 158 valence electrons. The molecule has 0 aliphatic carbocycles. The monoisotopic (exact) mass is 456 g/mol. The summed E-state index contributed by atoms with van der Waals surface area (Å²) >= 11 is 12.3. The molecule has 0 aliphatic rings. The zero-order chi connectivity index (χ0) is 22.5. The van der Waals surface area contributed by atoms with Gasteiger partial charge >= 0.3 is 0 Å². The fourth-order valence-corrected chi connectivity index (χ4v) is 3.58. The van der Waals surface area contributed by atoms with Crippen LogP contribution < -0.4 is 16.4 Å². The highest BCUT2D eigenvalue weighted by atomic mass is 35.5. The summed E-state index contributed by atoms with van der Waals surface area (Å²) in [5.41, 5.74) is 8.08. The lowest BCUT2D eigenvalue weighted by molar-refractivity contribution is -0.120. The molecule has 0 saturated heterocycles. The molecule has 0 fully saturated rings. The van der Waals surface area contributed by atoms with Crippen molar-refractivity contribution in [3.05, 3.63) is 63.8 Å². The van der Waals surface area contributed by atoms with Crippen LogP contribution in [0.4, 0.5) is 5.69 Å². The van der Waals surface area contributed by atoms with Crippen molar-refractivity contribution in [3.8, 4) is 6.07 Å². The number of nitrogens with one attached hydrogen (secondary N) is 2. The molecule has 0 atom stereocenters. The Balaban J connectivity index is 1.65. The highest BCUT2D eigenvalue weighted by Gasteiger charge is 2.11. The first-order valence-corrected chi connectivity index (χ1v) is 9.86. The molecule has 0 spiro atoms. The van der Waals surface area contributed by atoms with Gasteiger partial charge in [-0.15, -0.1) is 0 Å². The van der Waals surface area contributed by atoms with Crippen LogP contribution in [0.1, 0.15) is 18.1 Å². The second-order valence-corrected chi connectivity index (χ2v) is 7.51. The number of carbonyl (C=O) groups excluding carboxylic acids is 2. The van der Waals surface area contributed by atoms with Gasteiger partial charge < -0.3 is 15.6 Å². The Hall–Kier alpha value is -3.54. The van der Waals surface area contributed by atoms with Gasteiger partial charge in [-0.05, 0) is 41.3 Å². The smallest absolute Gasteiger partial charge is 0.246 e. The van der Waals surface area contributed by atoms with Gasteiger partial charge in [-0.1, -0.05) is 29.3 Å². The second kappa shape index (κ2) is 9.51. The van der Waals surface area contributed by atoms with Gasteiger partial charge in [-0.25, -0.2) is 4.99 Å². The topological polar surface area (TPSA) is 125 Å². The summed E-state index contributed by atoms with van der Waals surface area (Å²) in [4.78, 5) is 27.7. The lowest BCUT2D eigenvalue weighted by Crippen LogP contribution is -2.38. The molecule has 2 aromatic carbocycles. The Labute approximate surface area is 188 Å². The molecule has 0 saturated carbocycles. The van der Waals surface area contributed by atoms with E-state index in [0.717, 1.165) is 10.9 Å². The number of nitrogens with two attached hydrogens (primary N) is 1. The molecule has 0 radical (unpaired) electrons. The van der Waals surface area contributed by atoms with E-state index in [1.165, 1.54) is 6.92 Å². The van der Waals surface area contributed by atoms with Gasteiger partial charge in [-0.3, -0.25) is 14.9 Å². The number of carbonyl (C=O) groups is 2. The number of nitriles is 1. The fourth-order valence-electron chi connectivity index (χ4n) is 2.96. The van der Waals surface area contributed by atoms with Crippen LogP contribution in [-0.2, 0) is 22.7 Å². The summed E-state index contributed by atoms with van der Waals surface area (Å²) in [7, 11) is 0. The molecule has 0 unspecified atom stereocenters. The van der Waals surface area contributed by atoms with Gasteiger partial charge in [0.15, 0.2) is 5.96 Å². The maximum absolute atomic E-state index is 12.3. The molecule has 4 N–H and O–H groups in total. The molecular formula is C21H18Cl2N6O2. The number of rotatable bonds is 5. The number of fused-ring (bicyclic) bond motifs is 1. The predicted octanol–water partition coefficient (Wildman–Crippen LogP) is 3.41. The Morgan fingerprint density at radius 1 is 1.19 bits per heavy atom. The van der Waals surface area contributed by atoms with Crippen molar-refractivity contribution < 1.29 is 9.59 Å². The van der Waals surface area contributed by atoms with Crippen molar-refractivity contribution >= 4 is 57.6 Å². The van der Waals surface area contributed by atoms with Crippen molar-refractivity contribution in [1.29, 1.82) is 5.26 Å². The number of anilines is 1. The van der Waals surface area contributed by atoms with Gasteiger partial charge in [0.1, 0.15) is 6.54 Å². The van der Waals surface area contributed by atoms with Crippen LogP contribution in [0.15, 0.2) is 47.6 Å². The maximum Gasteiger partial charge on any atom is 0.246 e. The number of benzene rings is 2. The van der Waals surface area contributed by atoms with Crippen LogP contribution in [0.2, 0.25) is 10.0 Å². The molecule has 3 rings (SSSR count). The minimum atomic E-state index is -0.363.